The lowest BCUT2D eigenvalue weighted by Gasteiger charge is -2.08. The summed E-state index contributed by atoms with van der Waals surface area (Å²) in [6.45, 7) is 1.70. The third kappa shape index (κ3) is 2.31. The number of nitrogens with zero attached hydrogens (tertiary/aromatic N) is 3. The van der Waals surface area contributed by atoms with Crippen LogP contribution in [0.2, 0.25) is 10.0 Å². The number of carbonyl (C=O) groups excluding carboxylic acids is 1. The molecule has 0 atom stereocenters. The van der Waals surface area contributed by atoms with E-state index in [0.29, 0.717) is 27.4 Å². The van der Waals surface area contributed by atoms with Gasteiger partial charge in [0, 0.05) is 5.69 Å². The van der Waals surface area contributed by atoms with Crippen LogP contribution in [0.5, 0.6) is 0 Å². The Morgan fingerprint density at radius 1 is 1.33 bits per heavy atom. The van der Waals surface area contributed by atoms with E-state index in [4.69, 9.17) is 28.9 Å². The molecule has 7 nitrogen and oxygen atoms in total. The lowest BCUT2D eigenvalue weighted by atomic mass is 10.2. The molecule has 0 aliphatic carbocycles. The van der Waals surface area contributed by atoms with Crippen LogP contribution in [-0.4, -0.2) is 24.9 Å². The van der Waals surface area contributed by atoms with Crippen molar-refractivity contribution in [2.45, 2.75) is 6.92 Å². The van der Waals surface area contributed by atoms with Gasteiger partial charge in [0.25, 0.3) is 5.91 Å². The maximum absolute atomic E-state index is 12.3. The van der Waals surface area contributed by atoms with Crippen LogP contribution in [0.15, 0.2) is 6.07 Å². The molecular weight excluding hydrogens is 335 g/mol. The minimum absolute atomic E-state index is 0.114. The molecule has 2 heterocycles. The molecule has 0 saturated heterocycles. The first-order valence-corrected chi connectivity index (χ1v) is 7.19. The van der Waals surface area contributed by atoms with Crippen LogP contribution in [0.1, 0.15) is 16.1 Å². The zero-order valence-corrected chi connectivity index (χ0v) is 12.9. The minimum atomic E-state index is -0.433. The number of carbonyl (C=O) groups is 1. The van der Waals surface area contributed by atoms with Gasteiger partial charge in [0.15, 0.2) is 5.82 Å². The molecule has 0 fully saturated rings. The summed E-state index contributed by atoms with van der Waals surface area (Å²) in [6, 6.07) is 1.51. The van der Waals surface area contributed by atoms with Gasteiger partial charge in [0.05, 0.1) is 27.5 Å². The number of nitrogens with one attached hydrogen (secondary N) is 2. The third-order valence-corrected chi connectivity index (χ3v) is 4.00. The molecule has 0 saturated carbocycles. The van der Waals surface area contributed by atoms with Crippen LogP contribution < -0.4 is 11.1 Å². The molecule has 0 aliphatic heterocycles. The molecular formula is C11H8Cl2N6OS. The topological polar surface area (TPSA) is 110 Å². The van der Waals surface area contributed by atoms with Gasteiger partial charge in [-0.2, -0.15) is 13.8 Å². The second kappa shape index (κ2) is 5.14. The van der Waals surface area contributed by atoms with Crippen LogP contribution in [0.4, 0.5) is 11.5 Å². The molecule has 0 spiro atoms. The summed E-state index contributed by atoms with van der Waals surface area (Å²) in [5.74, 6) is -0.319. The number of rotatable bonds is 2. The van der Waals surface area contributed by atoms with Gasteiger partial charge in [-0.1, -0.05) is 23.2 Å². The van der Waals surface area contributed by atoms with Crippen LogP contribution >= 0.6 is 34.9 Å². The molecule has 1 amide bonds. The van der Waals surface area contributed by atoms with Crippen LogP contribution in [-0.2, 0) is 0 Å². The number of aromatic amines is 1. The number of amides is 1. The maximum atomic E-state index is 12.3. The number of nitrogen functional groups attached to an aromatic ring is 1. The van der Waals surface area contributed by atoms with Crippen molar-refractivity contribution >= 4 is 63.4 Å². The number of H-pyrrole nitrogens is 1. The number of hydrogen-bond acceptors (Lipinski definition) is 6. The maximum Gasteiger partial charge on any atom is 0.261 e. The van der Waals surface area contributed by atoms with E-state index in [9.17, 15) is 4.79 Å². The van der Waals surface area contributed by atoms with E-state index in [2.05, 4.69) is 24.3 Å². The highest BCUT2D eigenvalue weighted by atomic mass is 35.5. The number of hydrogen-bond donors (Lipinski definition) is 3. The van der Waals surface area contributed by atoms with E-state index >= 15 is 0 Å². The quantitative estimate of drug-likeness (QED) is 0.663. The summed E-state index contributed by atoms with van der Waals surface area (Å²) in [6.07, 6.45) is 0. The Labute approximate surface area is 132 Å². The van der Waals surface area contributed by atoms with Gasteiger partial charge in [-0.25, -0.2) is 0 Å². The molecule has 10 heteroatoms. The predicted octanol–water partition coefficient (Wildman–Crippen LogP) is 2.86. The summed E-state index contributed by atoms with van der Waals surface area (Å²) in [4.78, 5) is 12.3. The fourth-order valence-electron chi connectivity index (χ4n) is 1.90. The molecule has 0 bridgehead atoms. The largest absolute Gasteiger partial charge is 0.382 e. The van der Waals surface area contributed by atoms with Gasteiger partial charge in [0.1, 0.15) is 16.6 Å². The first-order chi connectivity index (χ1) is 9.99. The molecule has 21 heavy (non-hydrogen) atoms. The van der Waals surface area contributed by atoms with Gasteiger partial charge in [-0.3, -0.25) is 9.89 Å². The Balaban J connectivity index is 2.06. The van der Waals surface area contributed by atoms with E-state index in [0.717, 1.165) is 11.7 Å². The van der Waals surface area contributed by atoms with Crippen molar-refractivity contribution in [1.29, 1.82) is 0 Å². The Bertz CT molecular complexity index is 838. The van der Waals surface area contributed by atoms with Crippen LogP contribution in [0, 0.1) is 6.92 Å². The van der Waals surface area contributed by atoms with Crippen molar-refractivity contribution < 1.29 is 4.79 Å². The zero-order chi connectivity index (χ0) is 15.1. The minimum Gasteiger partial charge on any atom is -0.382 e. The van der Waals surface area contributed by atoms with Crippen molar-refractivity contribution in [3.63, 3.8) is 0 Å². The van der Waals surface area contributed by atoms with Crippen molar-refractivity contribution in [3.8, 4) is 0 Å². The highest BCUT2D eigenvalue weighted by Gasteiger charge is 2.20. The standard InChI is InChI=1S/C11H8Cl2N6OS/c1-3-6(10(14)17-16-3)11(20)15-7-4(12)2-5(13)8-9(7)19-21-18-8/h2H,1H3,(H,15,20)(H3,14,16,17). The molecule has 108 valence electrons. The number of anilines is 2. The first kappa shape index (κ1) is 14.1. The Morgan fingerprint density at radius 3 is 2.71 bits per heavy atom. The first-order valence-electron chi connectivity index (χ1n) is 5.71. The Kier molecular flexibility index (Phi) is 3.44. The number of aryl methyl sites for hydroxylation is 1. The molecule has 0 aliphatic rings. The second-order valence-corrected chi connectivity index (χ2v) is 5.58. The highest BCUT2D eigenvalue weighted by Crippen LogP contribution is 2.35. The molecule has 2 aromatic heterocycles. The fraction of sp³-hybridized carbons (Fsp3) is 0.0909. The molecule has 0 unspecified atom stereocenters. The summed E-state index contributed by atoms with van der Waals surface area (Å²) in [7, 11) is 0. The van der Waals surface area contributed by atoms with Gasteiger partial charge in [-0.05, 0) is 13.0 Å². The molecule has 3 rings (SSSR count). The highest BCUT2D eigenvalue weighted by molar-refractivity contribution is 7.00. The average Bonchev–Trinajstić information content (AvgIpc) is 3.02. The lowest BCUT2D eigenvalue weighted by Crippen LogP contribution is -2.15. The van der Waals surface area contributed by atoms with Crippen molar-refractivity contribution in [2.24, 2.45) is 0 Å². The number of halogens is 2. The summed E-state index contributed by atoms with van der Waals surface area (Å²) in [5, 5.41) is 9.76. The zero-order valence-electron chi connectivity index (χ0n) is 10.6. The third-order valence-electron chi connectivity index (χ3n) is 2.88. The van der Waals surface area contributed by atoms with E-state index in [1.165, 1.54) is 6.07 Å². The second-order valence-electron chi connectivity index (χ2n) is 4.24. The molecule has 1 aromatic carbocycles. The average molecular weight is 343 g/mol. The van der Waals surface area contributed by atoms with Crippen LogP contribution in [0.3, 0.4) is 0 Å². The Hall–Kier alpha value is -1.90. The number of benzene rings is 1. The van der Waals surface area contributed by atoms with Gasteiger partial charge in [-0.15, -0.1) is 0 Å². The summed E-state index contributed by atoms with van der Waals surface area (Å²) >= 11 is 13.2. The van der Waals surface area contributed by atoms with E-state index in [-0.39, 0.29) is 16.4 Å². The van der Waals surface area contributed by atoms with E-state index < -0.39 is 5.91 Å². The smallest absolute Gasteiger partial charge is 0.261 e. The predicted molar refractivity (Wildman–Crippen MR) is 83.1 cm³/mol. The molecule has 0 radical (unpaired) electrons. The molecule has 4 N–H and O–H groups in total. The summed E-state index contributed by atoms with van der Waals surface area (Å²) < 4.78 is 8.18. The van der Waals surface area contributed by atoms with Crippen molar-refractivity contribution in [2.75, 3.05) is 11.1 Å². The SMILES string of the molecule is Cc1[nH]nc(N)c1C(=O)Nc1c(Cl)cc(Cl)c2nsnc12. The normalized spacial score (nSPS) is 11.0. The fourth-order valence-corrected chi connectivity index (χ4v) is 3.06. The van der Waals surface area contributed by atoms with Gasteiger partial charge >= 0.3 is 0 Å². The number of fused-ring (bicyclic) bond motifs is 1. The monoisotopic (exact) mass is 342 g/mol. The van der Waals surface area contributed by atoms with Crippen LogP contribution in [0.25, 0.3) is 11.0 Å². The van der Waals surface area contributed by atoms with E-state index in [1.807, 2.05) is 0 Å². The summed E-state index contributed by atoms with van der Waals surface area (Å²) in [5.41, 5.74) is 7.75. The molecule has 3 aromatic rings. The number of aromatic nitrogens is 4. The van der Waals surface area contributed by atoms with Crippen molar-refractivity contribution in [3.05, 3.63) is 27.4 Å². The lowest BCUT2D eigenvalue weighted by molar-refractivity contribution is 0.102. The van der Waals surface area contributed by atoms with E-state index in [1.54, 1.807) is 6.92 Å². The van der Waals surface area contributed by atoms with Crippen molar-refractivity contribution in [1.82, 2.24) is 18.9 Å². The van der Waals surface area contributed by atoms with Gasteiger partial charge in [0.2, 0.25) is 0 Å². The number of nitrogens with two attached hydrogens (primary N) is 1. The Morgan fingerprint density at radius 2 is 2.05 bits per heavy atom. The van der Waals surface area contributed by atoms with Gasteiger partial charge < -0.3 is 11.1 Å².